The summed E-state index contributed by atoms with van der Waals surface area (Å²) in [7, 11) is -1.48. The van der Waals surface area contributed by atoms with E-state index in [1.165, 1.54) is 6.92 Å². The van der Waals surface area contributed by atoms with E-state index in [4.69, 9.17) is 9.84 Å². The van der Waals surface area contributed by atoms with Crippen molar-refractivity contribution in [3.63, 3.8) is 0 Å². The summed E-state index contributed by atoms with van der Waals surface area (Å²) in [6.45, 7) is 1.52. The number of ether oxygens (including phenoxy) is 1. The molecule has 0 radical (unpaired) electrons. The Bertz CT molecular complexity index is 477. The summed E-state index contributed by atoms with van der Waals surface area (Å²) in [6.07, 6.45) is 0. The molecule has 7 heteroatoms. The molecule has 0 aliphatic carbocycles. The molecular weight excluding hydrogens is 282 g/mol. The second kappa shape index (κ2) is 8.44. The van der Waals surface area contributed by atoms with Crippen LogP contribution >= 0.6 is 0 Å². The van der Waals surface area contributed by atoms with Crippen molar-refractivity contribution in [2.24, 2.45) is 0 Å². The molecule has 0 saturated heterocycles. The molecule has 0 bridgehead atoms. The molecule has 1 aromatic rings. The average molecular weight is 299 g/mol. The minimum absolute atomic E-state index is 0.0712. The SMILES string of the molecule is CC(=O)NC(CS(=O)COCc1ccccc1)C(=O)O. The first-order valence-electron chi connectivity index (χ1n) is 5.95. The van der Waals surface area contributed by atoms with Gasteiger partial charge in [0.15, 0.2) is 0 Å². The molecule has 20 heavy (non-hydrogen) atoms. The molecule has 110 valence electrons. The molecule has 0 aliphatic rings. The molecule has 0 aliphatic heterocycles. The normalized spacial score (nSPS) is 13.4. The van der Waals surface area contributed by atoms with Crippen LogP contribution in [0.5, 0.6) is 0 Å². The minimum Gasteiger partial charge on any atom is -0.480 e. The second-order valence-electron chi connectivity index (χ2n) is 4.15. The maximum absolute atomic E-state index is 11.7. The van der Waals surface area contributed by atoms with Gasteiger partial charge in [-0.1, -0.05) is 30.3 Å². The van der Waals surface area contributed by atoms with Gasteiger partial charge in [0.1, 0.15) is 12.0 Å². The fraction of sp³-hybridized carbons (Fsp3) is 0.385. The van der Waals surface area contributed by atoms with Crippen LogP contribution < -0.4 is 5.32 Å². The van der Waals surface area contributed by atoms with E-state index in [1.54, 1.807) is 0 Å². The minimum atomic E-state index is -1.48. The van der Waals surface area contributed by atoms with Gasteiger partial charge in [0.25, 0.3) is 0 Å². The summed E-state index contributed by atoms with van der Waals surface area (Å²) in [5.41, 5.74) is 0.946. The summed E-state index contributed by atoms with van der Waals surface area (Å²) >= 11 is 0. The molecule has 0 saturated carbocycles. The zero-order valence-electron chi connectivity index (χ0n) is 11.1. The third-order valence-electron chi connectivity index (χ3n) is 2.35. The van der Waals surface area contributed by atoms with Gasteiger partial charge in [-0.25, -0.2) is 4.79 Å². The van der Waals surface area contributed by atoms with E-state index in [-0.39, 0.29) is 11.7 Å². The number of carbonyl (C=O) groups is 2. The second-order valence-corrected chi connectivity index (χ2v) is 5.60. The van der Waals surface area contributed by atoms with E-state index in [9.17, 15) is 13.8 Å². The van der Waals surface area contributed by atoms with E-state index in [0.29, 0.717) is 6.61 Å². The molecule has 0 aromatic heterocycles. The van der Waals surface area contributed by atoms with Gasteiger partial charge in [0, 0.05) is 6.92 Å². The highest BCUT2D eigenvalue weighted by Gasteiger charge is 2.21. The van der Waals surface area contributed by atoms with Crippen LogP contribution in [0.2, 0.25) is 0 Å². The van der Waals surface area contributed by atoms with Gasteiger partial charge in [0.2, 0.25) is 5.91 Å². The molecular formula is C13H17NO5S. The van der Waals surface area contributed by atoms with Gasteiger partial charge in [-0.15, -0.1) is 0 Å². The number of hydrogen-bond acceptors (Lipinski definition) is 4. The van der Waals surface area contributed by atoms with Crippen LogP contribution in [0.15, 0.2) is 30.3 Å². The molecule has 0 heterocycles. The molecule has 0 fully saturated rings. The summed E-state index contributed by atoms with van der Waals surface area (Å²) in [5.74, 6) is -1.93. The lowest BCUT2D eigenvalue weighted by atomic mass is 10.2. The van der Waals surface area contributed by atoms with E-state index in [1.807, 2.05) is 30.3 Å². The van der Waals surface area contributed by atoms with E-state index < -0.39 is 28.7 Å². The number of amides is 1. The van der Waals surface area contributed by atoms with Gasteiger partial charge in [-0.05, 0) is 5.56 Å². The molecule has 1 rings (SSSR count). The van der Waals surface area contributed by atoms with E-state index in [0.717, 1.165) is 5.56 Å². The lowest BCUT2D eigenvalue weighted by Crippen LogP contribution is -2.43. The standard InChI is InChI=1S/C13H17NO5S/c1-10(15)14-12(13(16)17)8-20(18)9-19-7-11-5-3-2-4-6-11/h2-6,12H,7-9H2,1H3,(H,14,15)(H,16,17). The number of rotatable bonds is 8. The zero-order valence-corrected chi connectivity index (χ0v) is 11.9. The average Bonchev–Trinajstić information content (AvgIpc) is 2.38. The third-order valence-corrected chi connectivity index (χ3v) is 3.49. The van der Waals surface area contributed by atoms with Crippen LogP contribution in [-0.4, -0.2) is 38.9 Å². The van der Waals surface area contributed by atoms with Gasteiger partial charge in [0.05, 0.1) is 23.2 Å². The number of carboxylic acid groups (broad SMARTS) is 1. The van der Waals surface area contributed by atoms with Crippen LogP contribution in [0.3, 0.4) is 0 Å². The molecule has 2 N–H and O–H groups in total. The Morgan fingerprint density at radius 3 is 2.55 bits per heavy atom. The van der Waals surface area contributed by atoms with Gasteiger partial charge >= 0.3 is 5.97 Å². The number of nitrogens with one attached hydrogen (secondary N) is 1. The van der Waals surface area contributed by atoms with E-state index in [2.05, 4.69) is 5.32 Å². The Kier molecular flexibility index (Phi) is 6.89. The summed E-state index contributed by atoms with van der Waals surface area (Å²) in [5, 5.41) is 11.1. The van der Waals surface area contributed by atoms with Crippen molar-refractivity contribution in [1.82, 2.24) is 5.32 Å². The quantitative estimate of drug-likeness (QED) is 0.729. The zero-order chi connectivity index (χ0) is 15.0. The van der Waals surface area contributed by atoms with Crippen LogP contribution in [0.25, 0.3) is 0 Å². The predicted octanol–water partition coefficient (Wildman–Crippen LogP) is 0.499. The molecule has 2 atom stereocenters. The van der Waals surface area contributed by atoms with Gasteiger partial charge in [-0.2, -0.15) is 0 Å². The van der Waals surface area contributed by atoms with Crippen molar-refractivity contribution in [1.29, 1.82) is 0 Å². The monoisotopic (exact) mass is 299 g/mol. The van der Waals surface area contributed by atoms with Crippen molar-refractivity contribution in [2.45, 2.75) is 19.6 Å². The Morgan fingerprint density at radius 2 is 2.00 bits per heavy atom. The van der Waals surface area contributed by atoms with Crippen LogP contribution in [0, 0.1) is 0 Å². The molecule has 6 nitrogen and oxygen atoms in total. The first kappa shape index (κ1) is 16.3. The highest BCUT2D eigenvalue weighted by Crippen LogP contribution is 2.01. The Morgan fingerprint density at radius 1 is 1.35 bits per heavy atom. The first-order valence-corrected chi connectivity index (χ1v) is 7.44. The topological polar surface area (TPSA) is 92.7 Å². The number of carbonyl (C=O) groups excluding carboxylic acids is 1. The molecule has 2 unspecified atom stereocenters. The number of hydrogen-bond donors (Lipinski definition) is 2. The third kappa shape index (κ3) is 6.44. The number of carboxylic acids is 1. The highest BCUT2D eigenvalue weighted by molar-refractivity contribution is 7.84. The van der Waals surface area contributed by atoms with Crippen LogP contribution in [0.4, 0.5) is 0 Å². The Hall–Kier alpha value is -1.73. The number of aliphatic carboxylic acids is 1. The lowest BCUT2D eigenvalue weighted by Gasteiger charge is -2.12. The Balaban J connectivity index is 2.35. The molecule has 1 aromatic carbocycles. The maximum atomic E-state index is 11.7. The lowest BCUT2D eigenvalue weighted by molar-refractivity contribution is -0.140. The fourth-order valence-corrected chi connectivity index (χ4v) is 2.44. The van der Waals surface area contributed by atoms with Crippen molar-refractivity contribution in [3.8, 4) is 0 Å². The van der Waals surface area contributed by atoms with E-state index >= 15 is 0 Å². The Labute approximate surface area is 119 Å². The van der Waals surface area contributed by atoms with Crippen LogP contribution in [0.1, 0.15) is 12.5 Å². The highest BCUT2D eigenvalue weighted by atomic mass is 32.2. The summed E-state index contributed by atoms with van der Waals surface area (Å²) < 4.78 is 17.0. The largest absolute Gasteiger partial charge is 0.480 e. The maximum Gasteiger partial charge on any atom is 0.327 e. The summed E-state index contributed by atoms with van der Waals surface area (Å²) in [4.78, 5) is 21.7. The van der Waals surface area contributed by atoms with Crippen LogP contribution in [-0.2, 0) is 31.7 Å². The van der Waals surface area contributed by atoms with Crippen molar-refractivity contribution in [2.75, 3.05) is 11.7 Å². The van der Waals surface area contributed by atoms with Crippen molar-refractivity contribution < 1.29 is 23.6 Å². The summed E-state index contributed by atoms with van der Waals surface area (Å²) in [6, 6.07) is 8.21. The van der Waals surface area contributed by atoms with Gasteiger partial charge < -0.3 is 15.2 Å². The first-order chi connectivity index (χ1) is 9.49. The number of benzene rings is 1. The molecule has 0 spiro atoms. The predicted molar refractivity (Wildman–Crippen MR) is 74.3 cm³/mol. The molecule has 1 amide bonds. The van der Waals surface area contributed by atoms with Gasteiger partial charge in [-0.3, -0.25) is 9.00 Å². The van der Waals surface area contributed by atoms with Crippen molar-refractivity contribution >= 4 is 22.7 Å². The smallest absolute Gasteiger partial charge is 0.327 e. The fourth-order valence-electron chi connectivity index (χ4n) is 1.48. The van der Waals surface area contributed by atoms with Crippen molar-refractivity contribution in [3.05, 3.63) is 35.9 Å².